The van der Waals surface area contributed by atoms with Crippen LogP contribution in [0.25, 0.3) is 0 Å². The fourth-order valence-corrected chi connectivity index (χ4v) is 4.33. The lowest BCUT2D eigenvalue weighted by molar-refractivity contribution is -0.159. The average molecular weight is 470 g/mol. The van der Waals surface area contributed by atoms with Crippen LogP contribution in [0.4, 0.5) is 5.69 Å². The highest BCUT2D eigenvalue weighted by Crippen LogP contribution is 2.22. The molecule has 2 aromatic carbocycles. The molecule has 0 spiro atoms. The molecule has 0 radical (unpaired) electrons. The first-order valence-corrected chi connectivity index (χ1v) is 11.3. The van der Waals surface area contributed by atoms with Crippen LogP contribution < -0.4 is 9.64 Å². The summed E-state index contributed by atoms with van der Waals surface area (Å²) >= 11 is 0. The van der Waals surface area contributed by atoms with E-state index in [2.05, 4.69) is 40.1 Å². The van der Waals surface area contributed by atoms with E-state index in [9.17, 15) is 4.79 Å². The minimum absolute atomic E-state index is 0.134. The first-order chi connectivity index (χ1) is 16.4. The van der Waals surface area contributed by atoms with Crippen LogP contribution >= 0.6 is 0 Å². The van der Waals surface area contributed by atoms with E-state index in [0.717, 1.165) is 63.4 Å². The van der Waals surface area contributed by atoms with Crippen LogP contribution in [0.5, 0.6) is 5.75 Å². The molecule has 2 aliphatic rings. The van der Waals surface area contributed by atoms with Crippen LogP contribution in [-0.4, -0.2) is 90.3 Å². The second kappa shape index (κ2) is 12.0. The lowest BCUT2D eigenvalue weighted by Crippen LogP contribution is -2.53. The number of hydrogen-bond donors (Lipinski definition) is 2. The number of aliphatic carboxylic acids is 2. The zero-order valence-electron chi connectivity index (χ0n) is 19.3. The van der Waals surface area contributed by atoms with Crippen molar-refractivity contribution in [1.29, 1.82) is 0 Å². The molecule has 4 rings (SSSR count). The fraction of sp³-hybridized carbons (Fsp3) is 0.400. The van der Waals surface area contributed by atoms with E-state index in [-0.39, 0.29) is 5.91 Å². The Balaban J connectivity index is 0.000000481. The number of para-hydroxylation sites is 1. The topological polar surface area (TPSA) is 111 Å². The molecule has 1 amide bonds. The van der Waals surface area contributed by atoms with Gasteiger partial charge in [0.1, 0.15) is 5.75 Å². The van der Waals surface area contributed by atoms with Crippen LogP contribution in [0.15, 0.2) is 54.6 Å². The molecule has 34 heavy (non-hydrogen) atoms. The molecule has 0 unspecified atom stereocenters. The Kier molecular flexibility index (Phi) is 8.86. The predicted molar refractivity (Wildman–Crippen MR) is 127 cm³/mol. The molecule has 2 aromatic rings. The molecule has 0 aliphatic carbocycles. The second-order valence-corrected chi connectivity index (χ2v) is 8.22. The number of carbonyl (C=O) groups is 3. The summed E-state index contributed by atoms with van der Waals surface area (Å²) in [5, 5.41) is 14.8. The Morgan fingerprint density at radius 1 is 0.794 bits per heavy atom. The summed E-state index contributed by atoms with van der Waals surface area (Å²) < 4.78 is 5.18. The van der Waals surface area contributed by atoms with E-state index >= 15 is 0 Å². The van der Waals surface area contributed by atoms with Crippen molar-refractivity contribution in [2.75, 3.05) is 51.3 Å². The molecule has 2 fully saturated rings. The average Bonchev–Trinajstić information content (AvgIpc) is 2.89. The van der Waals surface area contributed by atoms with E-state index < -0.39 is 11.9 Å². The minimum Gasteiger partial charge on any atom is -0.497 e. The number of rotatable bonds is 4. The first-order valence-electron chi connectivity index (χ1n) is 11.3. The summed E-state index contributed by atoms with van der Waals surface area (Å²) in [6, 6.07) is 18.7. The molecule has 0 bridgehead atoms. The molecule has 0 atom stereocenters. The van der Waals surface area contributed by atoms with Gasteiger partial charge in [0.2, 0.25) is 0 Å². The Bertz CT molecular complexity index is 938. The van der Waals surface area contributed by atoms with E-state index in [0.29, 0.717) is 6.04 Å². The van der Waals surface area contributed by atoms with Gasteiger partial charge in [-0.15, -0.1) is 0 Å². The van der Waals surface area contributed by atoms with Gasteiger partial charge in [-0.3, -0.25) is 9.69 Å². The normalized spacial score (nSPS) is 16.9. The van der Waals surface area contributed by atoms with Crippen LogP contribution in [-0.2, 0) is 9.59 Å². The largest absolute Gasteiger partial charge is 0.497 e. The lowest BCUT2D eigenvalue weighted by Gasteiger charge is -2.43. The van der Waals surface area contributed by atoms with E-state index in [1.807, 2.05) is 29.2 Å². The zero-order chi connectivity index (χ0) is 24.5. The molecule has 2 heterocycles. The van der Waals surface area contributed by atoms with Crippen molar-refractivity contribution in [1.82, 2.24) is 9.80 Å². The molecule has 0 aromatic heterocycles. The molecular weight excluding hydrogens is 438 g/mol. The van der Waals surface area contributed by atoms with Crippen LogP contribution in [0.1, 0.15) is 23.2 Å². The van der Waals surface area contributed by atoms with Gasteiger partial charge < -0.3 is 24.7 Å². The van der Waals surface area contributed by atoms with E-state index in [1.165, 1.54) is 5.69 Å². The number of carbonyl (C=O) groups excluding carboxylic acids is 1. The third-order valence-electron chi connectivity index (χ3n) is 6.22. The molecule has 182 valence electrons. The van der Waals surface area contributed by atoms with Crippen LogP contribution in [0.3, 0.4) is 0 Å². The molecular formula is C25H31N3O6. The van der Waals surface area contributed by atoms with Crippen molar-refractivity contribution in [3.8, 4) is 5.75 Å². The van der Waals surface area contributed by atoms with Crippen molar-refractivity contribution in [2.45, 2.75) is 18.9 Å². The molecule has 9 heteroatoms. The van der Waals surface area contributed by atoms with E-state index in [4.69, 9.17) is 24.5 Å². The molecule has 2 N–H and O–H groups in total. The Morgan fingerprint density at radius 3 is 1.85 bits per heavy atom. The number of ether oxygens (including phenoxy) is 1. The van der Waals surface area contributed by atoms with Gasteiger partial charge in [-0.2, -0.15) is 0 Å². The summed E-state index contributed by atoms with van der Waals surface area (Å²) in [5.74, 6) is -2.73. The third-order valence-corrected chi connectivity index (χ3v) is 6.22. The Labute approximate surface area is 199 Å². The number of carboxylic acids is 2. The summed E-state index contributed by atoms with van der Waals surface area (Å²) in [6.07, 6.45) is 2.13. The number of carboxylic acid groups (broad SMARTS) is 2. The maximum atomic E-state index is 12.7. The highest BCUT2D eigenvalue weighted by Gasteiger charge is 2.29. The lowest BCUT2D eigenvalue weighted by atomic mass is 10.0. The number of likely N-dealkylation sites (tertiary alicyclic amines) is 1. The Morgan fingerprint density at radius 2 is 1.35 bits per heavy atom. The highest BCUT2D eigenvalue weighted by molar-refractivity contribution is 6.27. The summed E-state index contributed by atoms with van der Waals surface area (Å²) in [6.45, 7) is 6.05. The number of benzene rings is 2. The number of amides is 1. The number of hydrogen-bond acceptors (Lipinski definition) is 6. The zero-order valence-corrected chi connectivity index (χ0v) is 19.3. The SMILES string of the molecule is COc1ccc(C(=O)N2CCC(N3CCN(c4ccccc4)CC3)CC2)cc1.O=C(O)C(=O)O. The van der Waals surface area contributed by atoms with Gasteiger partial charge in [0.25, 0.3) is 5.91 Å². The maximum Gasteiger partial charge on any atom is 0.414 e. The monoisotopic (exact) mass is 469 g/mol. The van der Waals surface area contributed by atoms with E-state index in [1.54, 1.807) is 7.11 Å². The maximum absolute atomic E-state index is 12.7. The van der Waals surface area contributed by atoms with Crippen molar-refractivity contribution in [3.05, 3.63) is 60.2 Å². The first kappa shape index (κ1) is 25.0. The number of piperazine rings is 1. The predicted octanol–water partition coefficient (Wildman–Crippen LogP) is 2.28. The second-order valence-electron chi connectivity index (χ2n) is 8.22. The van der Waals surface area contributed by atoms with Gasteiger partial charge in [0.05, 0.1) is 7.11 Å². The smallest absolute Gasteiger partial charge is 0.414 e. The molecule has 0 saturated carbocycles. The van der Waals surface area contributed by atoms with Crippen molar-refractivity contribution in [3.63, 3.8) is 0 Å². The van der Waals surface area contributed by atoms with Gasteiger partial charge >= 0.3 is 11.9 Å². The summed E-state index contributed by atoms with van der Waals surface area (Å²) in [7, 11) is 1.64. The van der Waals surface area contributed by atoms with Crippen molar-refractivity contribution in [2.24, 2.45) is 0 Å². The highest BCUT2D eigenvalue weighted by atomic mass is 16.5. The summed E-state index contributed by atoms with van der Waals surface area (Å²) in [4.78, 5) is 38.0. The standard InChI is InChI=1S/C23H29N3O2.C2H2O4/c1-28-22-9-7-19(8-10-22)23(27)26-13-11-21(12-14-26)25-17-15-24(16-18-25)20-5-3-2-4-6-20;3-1(4)2(5)6/h2-10,21H,11-18H2,1H3;(H,3,4)(H,5,6). The van der Waals surface area contributed by atoms with Gasteiger partial charge in [-0.1, -0.05) is 18.2 Å². The van der Waals surface area contributed by atoms with Gasteiger partial charge in [-0.05, 0) is 49.2 Å². The molecule has 2 aliphatic heterocycles. The van der Waals surface area contributed by atoms with Crippen molar-refractivity contribution < 1.29 is 29.3 Å². The fourth-order valence-electron chi connectivity index (χ4n) is 4.33. The van der Waals surface area contributed by atoms with Gasteiger partial charge in [0.15, 0.2) is 0 Å². The van der Waals surface area contributed by atoms with Crippen LogP contribution in [0.2, 0.25) is 0 Å². The minimum atomic E-state index is -1.82. The summed E-state index contributed by atoms with van der Waals surface area (Å²) in [5.41, 5.74) is 2.07. The van der Waals surface area contributed by atoms with Crippen LogP contribution in [0, 0.1) is 0 Å². The van der Waals surface area contributed by atoms with Gasteiger partial charge in [0, 0.05) is 56.6 Å². The number of piperidine rings is 1. The Hall–Kier alpha value is -3.59. The number of anilines is 1. The molecule has 2 saturated heterocycles. The molecule has 9 nitrogen and oxygen atoms in total. The number of methoxy groups -OCH3 is 1. The van der Waals surface area contributed by atoms with Gasteiger partial charge in [-0.25, -0.2) is 9.59 Å². The van der Waals surface area contributed by atoms with Crippen molar-refractivity contribution >= 4 is 23.5 Å². The quantitative estimate of drug-likeness (QED) is 0.657. The number of nitrogens with zero attached hydrogens (tertiary/aromatic N) is 3. The third kappa shape index (κ3) is 6.71.